The maximum absolute atomic E-state index is 15.6. The Hall–Kier alpha value is -4.08. The van der Waals surface area contributed by atoms with Crippen molar-refractivity contribution in [3.05, 3.63) is 58.7 Å². The van der Waals surface area contributed by atoms with Crippen molar-refractivity contribution < 1.29 is 18.3 Å². The average Bonchev–Trinajstić information content (AvgIpc) is 3.69. The topological polar surface area (TPSA) is 90.0 Å². The van der Waals surface area contributed by atoms with Crippen LogP contribution in [0.5, 0.6) is 0 Å². The number of carbonyl (C=O) groups excluding carboxylic acids is 1. The summed E-state index contributed by atoms with van der Waals surface area (Å²) in [6.45, 7) is 3.41. The van der Waals surface area contributed by atoms with Crippen LogP contribution in [0.15, 0.2) is 36.5 Å². The van der Waals surface area contributed by atoms with Gasteiger partial charge in [0.05, 0.1) is 28.8 Å². The number of nitriles is 1. The van der Waals surface area contributed by atoms with Gasteiger partial charge in [-0.15, -0.1) is 0 Å². The van der Waals surface area contributed by atoms with Crippen LogP contribution < -0.4 is 9.80 Å². The molecule has 12 heteroatoms. The van der Waals surface area contributed by atoms with Gasteiger partial charge < -0.3 is 19.4 Å². The van der Waals surface area contributed by atoms with Gasteiger partial charge in [0, 0.05) is 63.8 Å². The highest BCUT2D eigenvalue weighted by molar-refractivity contribution is 7.16. The second kappa shape index (κ2) is 11.2. The summed E-state index contributed by atoms with van der Waals surface area (Å²) in [6.07, 6.45) is 4.95. The maximum Gasteiger partial charge on any atom is 0.225 e. The third-order valence-corrected chi connectivity index (χ3v) is 9.66. The Bertz CT molecular complexity index is 1710. The van der Waals surface area contributed by atoms with Gasteiger partial charge in [0.1, 0.15) is 22.5 Å². The number of halogens is 2. The van der Waals surface area contributed by atoms with Crippen molar-refractivity contribution in [1.29, 1.82) is 5.26 Å². The zero-order valence-electron chi connectivity index (χ0n) is 23.8. The summed E-state index contributed by atoms with van der Waals surface area (Å²) in [6, 6.07) is 10.0. The summed E-state index contributed by atoms with van der Waals surface area (Å²) >= 11 is 1.26. The number of hydrogen-bond donors (Lipinski definition) is 0. The Labute approximate surface area is 251 Å². The van der Waals surface area contributed by atoms with Gasteiger partial charge in [-0.25, -0.2) is 18.3 Å². The second-order valence-electron chi connectivity index (χ2n) is 11.4. The van der Waals surface area contributed by atoms with Crippen LogP contribution in [0.3, 0.4) is 0 Å². The van der Waals surface area contributed by atoms with Gasteiger partial charge in [0.25, 0.3) is 0 Å². The molecule has 1 amide bonds. The third-order valence-electron chi connectivity index (χ3n) is 8.63. The van der Waals surface area contributed by atoms with E-state index in [2.05, 4.69) is 6.07 Å². The fourth-order valence-corrected chi connectivity index (χ4v) is 6.93. The van der Waals surface area contributed by atoms with Crippen molar-refractivity contribution in [2.24, 2.45) is 5.92 Å². The molecule has 4 aromatic rings. The molecule has 5 heterocycles. The van der Waals surface area contributed by atoms with Crippen LogP contribution in [-0.4, -0.2) is 71.8 Å². The quantitative estimate of drug-likeness (QED) is 0.294. The lowest BCUT2D eigenvalue weighted by Crippen LogP contribution is -2.51. The Morgan fingerprint density at radius 1 is 1.09 bits per heavy atom. The van der Waals surface area contributed by atoms with Gasteiger partial charge in [-0.2, -0.15) is 10.4 Å². The summed E-state index contributed by atoms with van der Waals surface area (Å²) in [5.74, 6) is -0.264. The molecule has 0 bridgehead atoms. The number of aromatic nitrogens is 3. The van der Waals surface area contributed by atoms with E-state index in [1.54, 1.807) is 16.6 Å². The number of fused-ring (bicyclic) bond motifs is 1. The molecule has 0 radical (unpaired) electrons. The largest absolute Gasteiger partial charge is 0.381 e. The zero-order chi connectivity index (χ0) is 29.7. The molecule has 3 aromatic heterocycles. The maximum atomic E-state index is 15.6. The number of thiazole rings is 1. The lowest BCUT2D eigenvalue weighted by Gasteiger charge is -2.38. The van der Waals surface area contributed by atoms with Crippen LogP contribution >= 0.6 is 11.3 Å². The molecule has 2 saturated heterocycles. The number of pyridine rings is 1. The summed E-state index contributed by atoms with van der Waals surface area (Å²) in [5.41, 5.74) is 4.10. The highest BCUT2D eigenvalue weighted by Gasteiger charge is 2.34. The number of nitrogens with zero attached hydrogens (tertiary/aromatic N) is 7. The number of benzene rings is 1. The van der Waals surface area contributed by atoms with Crippen LogP contribution in [-0.2, 0) is 9.53 Å². The molecule has 3 fully saturated rings. The minimum atomic E-state index is -0.365. The first-order chi connectivity index (χ1) is 20.9. The van der Waals surface area contributed by atoms with Crippen molar-refractivity contribution in [3.8, 4) is 17.3 Å². The molecule has 2 aliphatic heterocycles. The van der Waals surface area contributed by atoms with Crippen molar-refractivity contribution in [3.63, 3.8) is 0 Å². The van der Waals surface area contributed by atoms with Crippen molar-refractivity contribution in [2.75, 3.05) is 56.2 Å². The Balaban J connectivity index is 1.20. The van der Waals surface area contributed by atoms with E-state index in [0.717, 1.165) is 42.6 Å². The van der Waals surface area contributed by atoms with Crippen LogP contribution in [0.2, 0.25) is 0 Å². The molecule has 7 rings (SSSR count). The predicted molar refractivity (Wildman–Crippen MR) is 160 cm³/mol. The molecule has 9 nitrogen and oxygen atoms in total. The number of amides is 1. The third kappa shape index (κ3) is 5.21. The monoisotopic (exact) mass is 603 g/mol. The van der Waals surface area contributed by atoms with Crippen LogP contribution in [0.25, 0.3) is 16.8 Å². The minimum absolute atomic E-state index is 0.00936. The second-order valence-corrected chi connectivity index (χ2v) is 12.4. The number of carbonyl (C=O) groups is 1. The van der Waals surface area contributed by atoms with Crippen molar-refractivity contribution in [1.82, 2.24) is 19.5 Å². The first-order valence-corrected chi connectivity index (χ1v) is 15.5. The van der Waals surface area contributed by atoms with E-state index in [4.69, 9.17) is 14.8 Å². The highest BCUT2D eigenvalue weighted by atomic mass is 32.1. The highest BCUT2D eigenvalue weighted by Crippen LogP contribution is 2.48. The van der Waals surface area contributed by atoms with Gasteiger partial charge in [0.2, 0.25) is 5.91 Å². The number of ether oxygens (including phenoxy) is 1. The molecule has 43 heavy (non-hydrogen) atoms. The molecule has 0 N–H and O–H groups in total. The van der Waals surface area contributed by atoms with Crippen LogP contribution in [0.4, 0.5) is 25.3 Å². The Kier molecular flexibility index (Phi) is 7.23. The smallest absolute Gasteiger partial charge is 0.225 e. The molecule has 0 atom stereocenters. The lowest BCUT2D eigenvalue weighted by molar-refractivity contribution is -0.138. The molecular weight excluding hydrogens is 572 g/mol. The molecule has 0 spiro atoms. The molecule has 3 aliphatic rings. The average molecular weight is 604 g/mol. The van der Waals surface area contributed by atoms with E-state index in [1.807, 2.05) is 27.8 Å². The zero-order valence-corrected chi connectivity index (χ0v) is 24.6. The summed E-state index contributed by atoms with van der Waals surface area (Å²) in [5, 5.41) is 15.2. The number of anilines is 3. The van der Waals surface area contributed by atoms with Gasteiger partial charge >= 0.3 is 0 Å². The normalized spacial score (nSPS) is 17.8. The van der Waals surface area contributed by atoms with E-state index >= 15 is 4.39 Å². The standard InChI is InChI=1S/C31H31F2N7O2S/c1-37(31-35-27(26(17-34)43-31)19-4-6-22(32)7-5-19)29-25-16-24(23(33)18-40(25)36-28(29)20-2-3-20)38-10-12-39(13-11-38)30(41)21-8-14-42-15-9-21/h4-7,16,18,20-21H,2-3,8-15H2,1H3. The number of rotatable bonds is 6. The molecular formula is C31H31F2N7O2S. The number of piperazine rings is 1. The fourth-order valence-electron chi connectivity index (χ4n) is 6.08. The van der Waals surface area contributed by atoms with Crippen LogP contribution in [0, 0.1) is 28.9 Å². The van der Waals surface area contributed by atoms with Gasteiger partial charge in [-0.05, 0) is 56.0 Å². The van der Waals surface area contributed by atoms with E-state index in [9.17, 15) is 14.4 Å². The number of hydrogen-bond acceptors (Lipinski definition) is 8. The molecule has 0 unspecified atom stereocenters. The van der Waals surface area contributed by atoms with Gasteiger partial charge in [0.15, 0.2) is 10.9 Å². The molecule has 1 saturated carbocycles. The summed E-state index contributed by atoms with van der Waals surface area (Å²) in [7, 11) is 1.89. The summed E-state index contributed by atoms with van der Waals surface area (Å²) in [4.78, 5) is 24.1. The summed E-state index contributed by atoms with van der Waals surface area (Å²) < 4.78 is 36.1. The van der Waals surface area contributed by atoms with Crippen molar-refractivity contribution >= 4 is 39.3 Å². The van der Waals surface area contributed by atoms with Crippen molar-refractivity contribution in [2.45, 2.75) is 31.6 Å². The Morgan fingerprint density at radius 2 is 1.81 bits per heavy atom. The van der Waals surface area contributed by atoms with Crippen LogP contribution in [0.1, 0.15) is 42.2 Å². The van der Waals surface area contributed by atoms with Gasteiger partial charge in [-0.3, -0.25) is 4.79 Å². The molecule has 222 valence electrons. The SMILES string of the molecule is CN(c1nc(-c2ccc(F)cc2)c(C#N)s1)c1c(C2CC2)nn2cc(F)c(N3CCN(C(=O)C4CCOCC4)CC3)cc12. The lowest BCUT2D eigenvalue weighted by atomic mass is 9.98. The van der Waals surface area contributed by atoms with E-state index in [-0.39, 0.29) is 29.4 Å². The fraction of sp³-hybridized carbons (Fsp3) is 0.419. The molecule has 1 aromatic carbocycles. The first kappa shape index (κ1) is 27.7. The van der Waals surface area contributed by atoms with Gasteiger partial charge in [-0.1, -0.05) is 11.3 Å². The molecule has 1 aliphatic carbocycles. The van der Waals surface area contributed by atoms with E-state index in [0.29, 0.717) is 66.3 Å². The first-order valence-electron chi connectivity index (χ1n) is 14.6. The predicted octanol–water partition coefficient (Wildman–Crippen LogP) is 5.33. The van der Waals surface area contributed by atoms with E-state index < -0.39 is 0 Å². The minimum Gasteiger partial charge on any atom is -0.381 e. The Morgan fingerprint density at radius 3 is 2.49 bits per heavy atom. The van der Waals surface area contributed by atoms with E-state index in [1.165, 1.54) is 29.7 Å².